The summed E-state index contributed by atoms with van der Waals surface area (Å²) in [6.45, 7) is 1.67. The fourth-order valence-electron chi connectivity index (χ4n) is 1.78. The van der Waals surface area contributed by atoms with Gasteiger partial charge in [0.2, 0.25) is 0 Å². The lowest BCUT2D eigenvalue weighted by molar-refractivity contribution is 0.0794. The standard InChI is InChI=1S/C15H16N2O5/c1-9-6-10(18)7-13(21-9)14(19)16-8-11-4-5-12(22-11)15(20)17(2)3/h4-7H,8H2,1-3H3,(H,16,19). The number of rotatable bonds is 4. The molecule has 0 saturated heterocycles. The van der Waals surface area contributed by atoms with E-state index >= 15 is 0 Å². The van der Waals surface area contributed by atoms with Crippen molar-refractivity contribution in [2.24, 2.45) is 0 Å². The first-order valence-electron chi connectivity index (χ1n) is 6.57. The summed E-state index contributed by atoms with van der Waals surface area (Å²) in [6.07, 6.45) is 0. The molecule has 2 amide bonds. The topological polar surface area (TPSA) is 92.8 Å². The van der Waals surface area contributed by atoms with E-state index in [-0.39, 0.29) is 29.4 Å². The van der Waals surface area contributed by atoms with Crippen LogP contribution in [0.3, 0.4) is 0 Å². The Hall–Kier alpha value is -2.83. The van der Waals surface area contributed by atoms with Gasteiger partial charge in [-0.1, -0.05) is 0 Å². The predicted octanol–water partition coefficient (Wildman–Crippen LogP) is 1.17. The van der Waals surface area contributed by atoms with E-state index in [0.29, 0.717) is 11.5 Å². The zero-order valence-electron chi connectivity index (χ0n) is 12.5. The van der Waals surface area contributed by atoms with Crippen molar-refractivity contribution in [3.05, 3.63) is 57.5 Å². The summed E-state index contributed by atoms with van der Waals surface area (Å²) in [5.41, 5.74) is -0.300. The molecule has 2 aromatic heterocycles. The minimum absolute atomic E-state index is 0.0684. The number of hydrogen-bond donors (Lipinski definition) is 1. The van der Waals surface area contributed by atoms with E-state index in [2.05, 4.69) is 5.32 Å². The van der Waals surface area contributed by atoms with Crippen molar-refractivity contribution in [1.82, 2.24) is 10.2 Å². The number of amides is 2. The van der Waals surface area contributed by atoms with Gasteiger partial charge in [-0.05, 0) is 19.1 Å². The van der Waals surface area contributed by atoms with E-state index in [4.69, 9.17) is 8.83 Å². The molecule has 0 aliphatic carbocycles. The summed E-state index contributed by atoms with van der Waals surface area (Å²) in [6, 6.07) is 5.55. The first-order valence-corrected chi connectivity index (χ1v) is 6.57. The van der Waals surface area contributed by atoms with Gasteiger partial charge in [0.25, 0.3) is 11.8 Å². The highest BCUT2D eigenvalue weighted by molar-refractivity contribution is 5.92. The number of furan rings is 1. The van der Waals surface area contributed by atoms with Crippen LogP contribution in [0.1, 0.15) is 32.6 Å². The molecule has 0 bridgehead atoms. The van der Waals surface area contributed by atoms with Gasteiger partial charge in [-0.25, -0.2) is 0 Å². The van der Waals surface area contributed by atoms with Gasteiger partial charge >= 0.3 is 0 Å². The maximum absolute atomic E-state index is 11.9. The lowest BCUT2D eigenvalue weighted by Crippen LogP contribution is -2.24. The van der Waals surface area contributed by atoms with Gasteiger partial charge < -0.3 is 19.1 Å². The molecule has 0 saturated carbocycles. The smallest absolute Gasteiger partial charge is 0.289 e. The molecule has 2 aromatic rings. The Balaban J connectivity index is 2.02. The fourth-order valence-corrected chi connectivity index (χ4v) is 1.78. The largest absolute Gasteiger partial charge is 0.456 e. The molecule has 0 aliphatic heterocycles. The van der Waals surface area contributed by atoms with Crippen molar-refractivity contribution in [2.75, 3.05) is 14.1 Å². The van der Waals surface area contributed by atoms with Gasteiger partial charge in [0.05, 0.1) is 6.54 Å². The van der Waals surface area contributed by atoms with E-state index in [0.717, 1.165) is 6.07 Å². The molecule has 2 heterocycles. The second-order valence-electron chi connectivity index (χ2n) is 4.92. The molecule has 2 rings (SSSR count). The highest BCUT2D eigenvalue weighted by atomic mass is 16.4. The molecule has 22 heavy (non-hydrogen) atoms. The normalized spacial score (nSPS) is 10.3. The van der Waals surface area contributed by atoms with Gasteiger partial charge in [-0.15, -0.1) is 0 Å². The van der Waals surface area contributed by atoms with Crippen molar-refractivity contribution in [2.45, 2.75) is 13.5 Å². The zero-order chi connectivity index (χ0) is 16.3. The van der Waals surface area contributed by atoms with Crippen molar-refractivity contribution in [1.29, 1.82) is 0 Å². The third-order valence-electron chi connectivity index (χ3n) is 2.82. The number of nitrogens with zero attached hydrogens (tertiary/aromatic N) is 1. The molecule has 0 atom stereocenters. The Morgan fingerprint density at radius 1 is 1.14 bits per heavy atom. The lowest BCUT2D eigenvalue weighted by atomic mass is 10.3. The van der Waals surface area contributed by atoms with Crippen LogP contribution in [0.25, 0.3) is 0 Å². The summed E-state index contributed by atoms with van der Waals surface area (Å²) in [4.78, 5) is 36.3. The van der Waals surface area contributed by atoms with Crippen molar-refractivity contribution >= 4 is 11.8 Å². The van der Waals surface area contributed by atoms with E-state index in [1.54, 1.807) is 27.1 Å². The summed E-state index contributed by atoms with van der Waals surface area (Å²) in [7, 11) is 3.23. The average Bonchev–Trinajstić information content (AvgIpc) is 2.91. The molecule has 0 unspecified atom stereocenters. The maximum atomic E-state index is 11.9. The number of hydrogen-bond acceptors (Lipinski definition) is 5. The zero-order valence-corrected chi connectivity index (χ0v) is 12.5. The second kappa shape index (κ2) is 6.30. The van der Waals surface area contributed by atoms with Gasteiger partial charge in [-0.3, -0.25) is 14.4 Å². The first kappa shape index (κ1) is 15.6. The van der Waals surface area contributed by atoms with E-state index < -0.39 is 5.91 Å². The molecule has 7 nitrogen and oxygen atoms in total. The average molecular weight is 304 g/mol. The van der Waals surface area contributed by atoms with E-state index in [1.807, 2.05) is 0 Å². The molecule has 0 fully saturated rings. The molecule has 0 spiro atoms. The van der Waals surface area contributed by atoms with Crippen LogP contribution in [0.15, 0.2) is 37.9 Å². The maximum Gasteiger partial charge on any atom is 0.289 e. The SMILES string of the molecule is Cc1cc(=O)cc(C(=O)NCc2ccc(C(=O)N(C)C)o2)o1. The minimum Gasteiger partial charge on any atom is -0.456 e. The molecular weight excluding hydrogens is 288 g/mol. The minimum atomic E-state index is -0.530. The Bertz CT molecular complexity index is 757. The molecule has 0 radical (unpaired) electrons. The Morgan fingerprint density at radius 3 is 2.50 bits per heavy atom. The lowest BCUT2D eigenvalue weighted by Gasteiger charge is -2.07. The van der Waals surface area contributed by atoms with Gasteiger partial charge in [-0.2, -0.15) is 0 Å². The first-order chi connectivity index (χ1) is 10.4. The number of carbonyl (C=O) groups is 2. The van der Waals surface area contributed by atoms with Crippen LogP contribution in [-0.2, 0) is 6.54 Å². The Kier molecular flexibility index (Phi) is 4.45. The van der Waals surface area contributed by atoms with Gasteiger partial charge in [0.1, 0.15) is 11.5 Å². The number of aryl methyl sites for hydroxylation is 1. The highest BCUT2D eigenvalue weighted by Gasteiger charge is 2.14. The van der Waals surface area contributed by atoms with E-state index in [9.17, 15) is 14.4 Å². The van der Waals surface area contributed by atoms with Crippen LogP contribution in [0.5, 0.6) is 0 Å². The van der Waals surface area contributed by atoms with E-state index in [1.165, 1.54) is 17.0 Å². The molecular formula is C15H16N2O5. The second-order valence-corrected chi connectivity index (χ2v) is 4.92. The van der Waals surface area contributed by atoms with Gasteiger partial charge in [0.15, 0.2) is 16.9 Å². The molecule has 0 aromatic carbocycles. The van der Waals surface area contributed by atoms with Crippen LogP contribution in [0, 0.1) is 6.92 Å². The monoisotopic (exact) mass is 304 g/mol. The quantitative estimate of drug-likeness (QED) is 0.915. The van der Waals surface area contributed by atoms with Gasteiger partial charge in [0, 0.05) is 26.2 Å². The molecule has 1 N–H and O–H groups in total. The summed E-state index contributed by atoms with van der Waals surface area (Å²) < 4.78 is 10.5. The Morgan fingerprint density at radius 2 is 1.86 bits per heavy atom. The van der Waals surface area contributed by atoms with Crippen LogP contribution in [0.4, 0.5) is 0 Å². The highest BCUT2D eigenvalue weighted by Crippen LogP contribution is 2.10. The molecule has 0 aliphatic rings. The number of carbonyl (C=O) groups excluding carboxylic acids is 2. The van der Waals surface area contributed by atoms with Crippen molar-refractivity contribution in [3.8, 4) is 0 Å². The molecule has 116 valence electrons. The molecule has 7 heteroatoms. The Labute approximate surface area is 126 Å². The van der Waals surface area contributed by atoms with Crippen LogP contribution in [0.2, 0.25) is 0 Å². The summed E-state index contributed by atoms with van der Waals surface area (Å²) in [5.74, 6) is 0.112. The third kappa shape index (κ3) is 3.63. The predicted molar refractivity (Wildman–Crippen MR) is 77.6 cm³/mol. The van der Waals surface area contributed by atoms with Crippen LogP contribution in [-0.4, -0.2) is 30.8 Å². The summed E-state index contributed by atoms with van der Waals surface area (Å²) in [5, 5.41) is 2.56. The third-order valence-corrected chi connectivity index (χ3v) is 2.82. The fraction of sp³-hybridized carbons (Fsp3) is 0.267. The number of nitrogens with one attached hydrogen (secondary N) is 1. The summed E-state index contributed by atoms with van der Waals surface area (Å²) >= 11 is 0. The van der Waals surface area contributed by atoms with Crippen LogP contribution < -0.4 is 10.7 Å². The van der Waals surface area contributed by atoms with Crippen LogP contribution >= 0.6 is 0 Å². The van der Waals surface area contributed by atoms with Crippen molar-refractivity contribution < 1.29 is 18.4 Å². The van der Waals surface area contributed by atoms with Crippen molar-refractivity contribution in [3.63, 3.8) is 0 Å².